The van der Waals surface area contributed by atoms with Gasteiger partial charge in [-0.2, -0.15) is 0 Å². The molecular weight excluding hydrogens is 112 g/mol. The van der Waals surface area contributed by atoms with Gasteiger partial charge in [0.2, 0.25) is 0 Å². The zero-order chi connectivity index (χ0) is 6.53. The number of ether oxygens (including phenoxy) is 1. The van der Waals surface area contributed by atoms with Crippen LogP contribution in [0.25, 0.3) is 0 Å². The molecule has 50 valence electrons. The van der Waals surface area contributed by atoms with Crippen molar-refractivity contribution in [2.75, 3.05) is 6.61 Å². The van der Waals surface area contributed by atoms with Gasteiger partial charge in [-0.1, -0.05) is 0 Å². The van der Waals surface area contributed by atoms with E-state index in [2.05, 4.69) is 11.8 Å². The first-order valence-corrected chi connectivity index (χ1v) is 3.44. The second kappa shape index (κ2) is 3.53. The van der Waals surface area contributed by atoms with Crippen molar-refractivity contribution in [1.82, 2.24) is 0 Å². The topological polar surface area (TPSA) is 12.5 Å². The number of hydrogen-bond acceptors (Lipinski definition) is 1. The molecule has 0 spiro atoms. The third kappa shape index (κ3) is 3.16. The average Bonchev–Trinajstić information content (AvgIpc) is 2.63. The standard InChI is InChI=1S/C8H12O/c1-2-3-4-5-6-8-7-9-8/h8H,4-7H2,1H3. The first-order chi connectivity index (χ1) is 4.43. The van der Waals surface area contributed by atoms with Crippen molar-refractivity contribution in [2.24, 2.45) is 0 Å². The fourth-order valence-corrected chi connectivity index (χ4v) is 0.778. The molecule has 1 fully saturated rings. The second-order valence-electron chi connectivity index (χ2n) is 2.27. The van der Waals surface area contributed by atoms with Gasteiger partial charge in [0.15, 0.2) is 0 Å². The third-order valence-electron chi connectivity index (χ3n) is 1.41. The van der Waals surface area contributed by atoms with Gasteiger partial charge < -0.3 is 4.74 Å². The molecule has 0 aromatic rings. The van der Waals surface area contributed by atoms with Crippen LogP contribution >= 0.6 is 0 Å². The molecule has 0 amide bonds. The zero-order valence-electron chi connectivity index (χ0n) is 5.81. The SMILES string of the molecule is CC#CCCCC1CO1. The summed E-state index contributed by atoms with van der Waals surface area (Å²) < 4.78 is 5.04. The van der Waals surface area contributed by atoms with Crippen molar-refractivity contribution >= 4 is 0 Å². The Morgan fingerprint density at radius 1 is 1.67 bits per heavy atom. The summed E-state index contributed by atoms with van der Waals surface area (Å²) in [7, 11) is 0. The quantitative estimate of drug-likeness (QED) is 0.316. The molecule has 1 unspecified atom stereocenters. The van der Waals surface area contributed by atoms with Gasteiger partial charge in [0, 0.05) is 6.42 Å². The van der Waals surface area contributed by atoms with Crippen molar-refractivity contribution in [3.8, 4) is 11.8 Å². The Bertz CT molecular complexity index is 125. The maximum Gasteiger partial charge on any atom is 0.0810 e. The average molecular weight is 124 g/mol. The number of unbranched alkanes of at least 4 members (excludes halogenated alkanes) is 1. The van der Waals surface area contributed by atoms with Crippen molar-refractivity contribution in [3.05, 3.63) is 0 Å². The fraction of sp³-hybridized carbons (Fsp3) is 0.750. The Kier molecular flexibility index (Phi) is 2.60. The lowest BCUT2D eigenvalue weighted by Crippen LogP contribution is -1.82. The molecule has 0 N–H and O–H groups in total. The fourth-order valence-electron chi connectivity index (χ4n) is 0.778. The highest BCUT2D eigenvalue weighted by Gasteiger charge is 2.20. The minimum atomic E-state index is 0.587. The van der Waals surface area contributed by atoms with Crippen LogP contribution in [0.5, 0.6) is 0 Å². The van der Waals surface area contributed by atoms with E-state index in [1.54, 1.807) is 0 Å². The van der Waals surface area contributed by atoms with E-state index in [0.29, 0.717) is 6.10 Å². The maximum atomic E-state index is 5.04. The van der Waals surface area contributed by atoms with Gasteiger partial charge in [-0.15, -0.1) is 11.8 Å². The van der Waals surface area contributed by atoms with E-state index in [1.807, 2.05) is 6.92 Å². The highest BCUT2D eigenvalue weighted by Crippen LogP contribution is 2.15. The van der Waals surface area contributed by atoms with E-state index in [4.69, 9.17) is 4.74 Å². The van der Waals surface area contributed by atoms with Crippen LogP contribution in [0, 0.1) is 11.8 Å². The van der Waals surface area contributed by atoms with E-state index < -0.39 is 0 Å². The molecule has 1 aliphatic heterocycles. The van der Waals surface area contributed by atoms with Crippen LogP contribution in [0.1, 0.15) is 26.2 Å². The lowest BCUT2D eigenvalue weighted by atomic mass is 10.2. The molecule has 0 aromatic heterocycles. The smallest absolute Gasteiger partial charge is 0.0810 e. The largest absolute Gasteiger partial charge is 0.373 e. The summed E-state index contributed by atoms with van der Waals surface area (Å²) in [6, 6.07) is 0. The first kappa shape index (κ1) is 6.64. The molecule has 9 heavy (non-hydrogen) atoms. The van der Waals surface area contributed by atoms with E-state index in [-0.39, 0.29) is 0 Å². The third-order valence-corrected chi connectivity index (χ3v) is 1.41. The summed E-state index contributed by atoms with van der Waals surface area (Å²) in [6.45, 7) is 2.87. The number of rotatable bonds is 3. The van der Waals surface area contributed by atoms with Gasteiger partial charge in [-0.05, 0) is 19.8 Å². The zero-order valence-corrected chi connectivity index (χ0v) is 5.81. The van der Waals surface area contributed by atoms with Crippen LogP contribution in [-0.2, 0) is 4.74 Å². The van der Waals surface area contributed by atoms with Gasteiger partial charge in [0.1, 0.15) is 0 Å². The van der Waals surface area contributed by atoms with Gasteiger partial charge in [0.05, 0.1) is 12.7 Å². The highest BCUT2D eigenvalue weighted by molar-refractivity contribution is 4.94. The molecule has 1 nitrogen and oxygen atoms in total. The van der Waals surface area contributed by atoms with Gasteiger partial charge >= 0.3 is 0 Å². The normalized spacial score (nSPS) is 22.6. The van der Waals surface area contributed by atoms with Crippen LogP contribution in [0.3, 0.4) is 0 Å². The van der Waals surface area contributed by atoms with Crippen LogP contribution in [0.15, 0.2) is 0 Å². The summed E-state index contributed by atoms with van der Waals surface area (Å²) >= 11 is 0. The monoisotopic (exact) mass is 124 g/mol. The molecule has 1 saturated heterocycles. The molecule has 0 aromatic carbocycles. The van der Waals surface area contributed by atoms with Crippen LogP contribution in [-0.4, -0.2) is 12.7 Å². The molecule has 0 radical (unpaired) electrons. The van der Waals surface area contributed by atoms with E-state index in [9.17, 15) is 0 Å². The molecule has 0 bridgehead atoms. The summed E-state index contributed by atoms with van der Waals surface area (Å²) in [6.07, 6.45) is 4.03. The number of hydrogen-bond donors (Lipinski definition) is 0. The summed E-state index contributed by atoms with van der Waals surface area (Å²) in [4.78, 5) is 0. The van der Waals surface area contributed by atoms with Crippen molar-refractivity contribution in [1.29, 1.82) is 0 Å². The van der Waals surface area contributed by atoms with Crippen LogP contribution in [0.4, 0.5) is 0 Å². The van der Waals surface area contributed by atoms with Crippen molar-refractivity contribution in [2.45, 2.75) is 32.3 Å². The van der Waals surface area contributed by atoms with Crippen molar-refractivity contribution in [3.63, 3.8) is 0 Å². The molecule has 0 saturated carbocycles. The Balaban J connectivity index is 1.84. The Morgan fingerprint density at radius 2 is 2.44 bits per heavy atom. The van der Waals surface area contributed by atoms with Gasteiger partial charge in [-0.25, -0.2) is 0 Å². The molecule has 1 aliphatic rings. The molecular formula is C8H12O. The molecule has 0 aliphatic carbocycles. The van der Waals surface area contributed by atoms with Crippen molar-refractivity contribution < 1.29 is 4.74 Å². The predicted molar refractivity (Wildman–Crippen MR) is 37.0 cm³/mol. The second-order valence-corrected chi connectivity index (χ2v) is 2.27. The van der Waals surface area contributed by atoms with E-state index >= 15 is 0 Å². The molecule has 1 heterocycles. The highest BCUT2D eigenvalue weighted by atomic mass is 16.6. The molecule has 1 rings (SSSR count). The lowest BCUT2D eigenvalue weighted by Gasteiger charge is -1.87. The summed E-state index contributed by atoms with van der Waals surface area (Å²) in [5, 5.41) is 0. The van der Waals surface area contributed by atoms with E-state index in [0.717, 1.165) is 13.0 Å². The maximum absolute atomic E-state index is 5.04. The lowest BCUT2D eigenvalue weighted by molar-refractivity contribution is 0.393. The minimum absolute atomic E-state index is 0.587. The van der Waals surface area contributed by atoms with Gasteiger partial charge in [0.25, 0.3) is 0 Å². The number of epoxide rings is 1. The Labute approximate surface area is 56.4 Å². The summed E-state index contributed by atoms with van der Waals surface area (Å²) in [5.41, 5.74) is 0. The Hall–Kier alpha value is -0.480. The van der Waals surface area contributed by atoms with Crippen LogP contribution < -0.4 is 0 Å². The van der Waals surface area contributed by atoms with Gasteiger partial charge in [-0.3, -0.25) is 0 Å². The minimum Gasteiger partial charge on any atom is -0.373 e. The van der Waals surface area contributed by atoms with Crippen LogP contribution in [0.2, 0.25) is 0 Å². The summed E-state index contributed by atoms with van der Waals surface area (Å²) in [5.74, 6) is 5.90. The molecule has 1 heteroatoms. The first-order valence-electron chi connectivity index (χ1n) is 3.44. The molecule has 1 atom stereocenters. The predicted octanol–water partition coefficient (Wildman–Crippen LogP) is 1.58. The Morgan fingerprint density at radius 3 is 3.00 bits per heavy atom. The van der Waals surface area contributed by atoms with E-state index in [1.165, 1.54) is 12.8 Å².